The van der Waals surface area contributed by atoms with Crippen molar-refractivity contribution in [1.29, 1.82) is 0 Å². The zero-order chi connectivity index (χ0) is 22.0. The fraction of sp³-hybridized carbons (Fsp3) is 0.125. The normalized spacial score (nSPS) is 10.8. The molecule has 0 saturated carbocycles. The molecule has 6 nitrogen and oxygen atoms in total. The number of halogens is 1. The van der Waals surface area contributed by atoms with E-state index in [0.29, 0.717) is 22.0 Å². The number of nitrogens with one attached hydrogen (secondary N) is 1. The number of para-hydroxylation sites is 2. The van der Waals surface area contributed by atoms with Crippen LogP contribution in [0, 0.1) is 6.92 Å². The van der Waals surface area contributed by atoms with Gasteiger partial charge in [0.1, 0.15) is 12.4 Å². The van der Waals surface area contributed by atoms with Crippen LogP contribution in [0.5, 0.6) is 0 Å². The van der Waals surface area contributed by atoms with Crippen LogP contribution in [0.15, 0.2) is 77.6 Å². The molecule has 0 atom stereocenters. The summed E-state index contributed by atoms with van der Waals surface area (Å²) in [5.74, 6) is 0.206. The maximum atomic E-state index is 12.9. The number of rotatable bonds is 5. The zero-order valence-corrected chi connectivity index (χ0v) is 17.9. The summed E-state index contributed by atoms with van der Waals surface area (Å²) in [6, 6.07) is 22.4. The van der Waals surface area contributed by atoms with Crippen LogP contribution in [-0.4, -0.2) is 22.5 Å². The van der Waals surface area contributed by atoms with Crippen LogP contribution in [0.4, 0.5) is 17.2 Å². The number of carbonyl (C=O) groups excluding carboxylic acids is 1. The summed E-state index contributed by atoms with van der Waals surface area (Å²) in [5.41, 5.74) is 2.55. The van der Waals surface area contributed by atoms with Crippen molar-refractivity contribution in [2.75, 3.05) is 17.3 Å². The summed E-state index contributed by atoms with van der Waals surface area (Å²) >= 11 is 6.04. The second kappa shape index (κ2) is 8.62. The van der Waals surface area contributed by atoms with E-state index in [1.807, 2.05) is 79.5 Å². The van der Waals surface area contributed by atoms with Crippen molar-refractivity contribution in [3.63, 3.8) is 0 Å². The Labute approximate surface area is 184 Å². The molecule has 1 amide bonds. The minimum atomic E-state index is -0.491. The van der Waals surface area contributed by atoms with Gasteiger partial charge in [-0.1, -0.05) is 48.0 Å². The lowest BCUT2D eigenvalue weighted by atomic mass is 10.2. The van der Waals surface area contributed by atoms with Crippen LogP contribution in [-0.2, 0) is 11.3 Å². The van der Waals surface area contributed by atoms with Crippen LogP contribution < -0.4 is 15.9 Å². The Morgan fingerprint density at radius 2 is 1.77 bits per heavy atom. The Hall–Kier alpha value is -3.64. The number of fused-ring (bicyclic) bond motifs is 1. The van der Waals surface area contributed by atoms with Crippen molar-refractivity contribution < 1.29 is 4.79 Å². The SMILES string of the molecule is Cc1ccc(Cl)cc1NC(=O)Cn1c(=O)nc(N(C)c2ccccc2)c2ccccc21. The minimum absolute atomic E-state index is 0.159. The molecule has 0 saturated heterocycles. The van der Waals surface area contributed by atoms with E-state index in [1.54, 1.807) is 12.1 Å². The molecule has 0 aliphatic rings. The summed E-state index contributed by atoms with van der Waals surface area (Å²) in [4.78, 5) is 31.8. The maximum absolute atomic E-state index is 12.9. The Bertz CT molecular complexity index is 1320. The van der Waals surface area contributed by atoms with Gasteiger partial charge in [-0.15, -0.1) is 0 Å². The third-order valence-corrected chi connectivity index (χ3v) is 5.34. The molecule has 4 rings (SSSR count). The van der Waals surface area contributed by atoms with Crippen molar-refractivity contribution in [3.8, 4) is 0 Å². The van der Waals surface area contributed by atoms with Gasteiger partial charge in [-0.05, 0) is 48.9 Å². The Morgan fingerprint density at radius 3 is 2.55 bits per heavy atom. The van der Waals surface area contributed by atoms with Crippen molar-refractivity contribution in [1.82, 2.24) is 9.55 Å². The largest absolute Gasteiger partial charge is 0.350 e. The van der Waals surface area contributed by atoms with Gasteiger partial charge in [0.25, 0.3) is 0 Å². The third-order valence-electron chi connectivity index (χ3n) is 5.10. The molecule has 0 radical (unpaired) electrons. The molecular formula is C24H21ClN4O2. The second-order valence-electron chi connectivity index (χ2n) is 7.22. The molecule has 156 valence electrons. The maximum Gasteiger partial charge on any atom is 0.350 e. The number of hydrogen-bond donors (Lipinski definition) is 1. The van der Waals surface area contributed by atoms with Crippen molar-refractivity contribution >= 4 is 45.6 Å². The van der Waals surface area contributed by atoms with Gasteiger partial charge >= 0.3 is 5.69 Å². The van der Waals surface area contributed by atoms with Gasteiger partial charge in [0.05, 0.1) is 5.52 Å². The van der Waals surface area contributed by atoms with Crippen LogP contribution in [0.25, 0.3) is 10.9 Å². The number of aromatic nitrogens is 2. The number of benzene rings is 3. The number of amides is 1. The molecule has 4 aromatic rings. The van der Waals surface area contributed by atoms with E-state index in [0.717, 1.165) is 16.6 Å². The van der Waals surface area contributed by atoms with Gasteiger partial charge < -0.3 is 10.2 Å². The highest BCUT2D eigenvalue weighted by Gasteiger charge is 2.16. The molecule has 0 fully saturated rings. The molecule has 0 aliphatic heterocycles. The van der Waals surface area contributed by atoms with Crippen molar-refractivity contribution in [2.45, 2.75) is 13.5 Å². The van der Waals surface area contributed by atoms with Crippen LogP contribution in [0.3, 0.4) is 0 Å². The number of hydrogen-bond acceptors (Lipinski definition) is 4. The highest BCUT2D eigenvalue weighted by molar-refractivity contribution is 6.31. The van der Waals surface area contributed by atoms with Gasteiger partial charge in [0, 0.05) is 28.8 Å². The summed E-state index contributed by atoms with van der Waals surface area (Å²) in [7, 11) is 1.86. The van der Waals surface area contributed by atoms with E-state index < -0.39 is 5.69 Å². The first-order chi connectivity index (χ1) is 14.9. The highest BCUT2D eigenvalue weighted by Crippen LogP contribution is 2.28. The first-order valence-electron chi connectivity index (χ1n) is 9.78. The summed E-state index contributed by atoms with van der Waals surface area (Å²) in [5, 5.41) is 4.14. The molecule has 3 aromatic carbocycles. The third kappa shape index (κ3) is 4.29. The van der Waals surface area contributed by atoms with Crippen LogP contribution >= 0.6 is 11.6 Å². The average molecular weight is 433 g/mol. The van der Waals surface area contributed by atoms with Gasteiger partial charge in [0.2, 0.25) is 5.91 Å². The molecule has 1 N–H and O–H groups in total. The lowest BCUT2D eigenvalue weighted by molar-refractivity contribution is -0.116. The molecule has 0 bridgehead atoms. The second-order valence-corrected chi connectivity index (χ2v) is 7.66. The van der Waals surface area contributed by atoms with E-state index in [9.17, 15) is 9.59 Å². The average Bonchev–Trinajstić information content (AvgIpc) is 2.78. The molecule has 0 aliphatic carbocycles. The van der Waals surface area contributed by atoms with E-state index in [2.05, 4.69) is 10.3 Å². The number of carbonyl (C=O) groups is 1. The van der Waals surface area contributed by atoms with Gasteiger partial charge in [-0.3, -0.25) is 9.36 Å². The van der Waals surface area contributed by atoms with Crippen LogP contribution in [0.2, 0.25) is 5.02 Å². The molecule has 1 aromatic heterocycles. The van der Waals surface area contributed by atoms with Crippen molar-refractivity contribution in [2.24, 2.45) is 0 Å². The quantitative estimate of drug-likeness (QED) is 0.493. The standard InChI is InChI=1S/C24H21ClN4O2/c1-16-12-13-17(25)14-20(16)26-22(30)15-29-21-11-7-6-10-19(21)23(27-24(29)31)28(2)18-8-4-3-5-9-18/h3-14H,15H2,1-2H3,(H,26,30). The monoisotopic (exact) mass is 432 g/mol. The number of anilines is 3. The Kier molecular flexibility index (Phi) is 5.73. The van der Waals surface area contributed by atoms with Crippen LogP contribution in [0.1, 0.15) is 5.56 Å². The predicted molar refractivity (Wildman–Crippen MR) is 125 cm³/mol. The first kappa shape index (κ1) is 20.6. The van der Waals surface area contributed by atoms with E-state index in [4.69, 9.17) is 11.6 Å². The van der Waals surface area contributed by atoms with E-state index >= 15 is 0 Å². The minimum Gasteiger partial charge on any atom is -0.329 e. The lowest BCUT2D eigenvalue weighted by Crippen LogP contribution is -2.31. The highest BCUT2D eigenvalue weighted by atomic mass is 35.5. The molecule has 7 heteroatoms. The zero-order valence-electron chi connectivity index (χ0n) is 17.2. The van der Waals surface area contributed by atoms with Gasteiger partial charge in [0.15, 0.2) is 0 Å². The first-order valence-corrected chi connectivity index (χ1v) is 10.2. The molecule has 0 unspecified atom stereocenters. The molecule has 0 spiro atoms. The topological polar surface area (TPSA) is 67.2 Å². The fourth-order valence-corrected chi connectivity index (χ4v) is 3.63. The molecular weight excluding hydrogens is 412 g/mol. The molecule has 1 heterocycles. The fourth-order valence-electron chi connectivity index (χ4n) is 3.46. The van der Waals surface area contributed by atoms with E-state index in [1.165, 1.54) is 4.57 Å². The van der Waals surface area contributed by atoms with Gasteiger partial charge in [-0.25, -0.2) is 4.79 Å². The summed E-state index contributed by atoms with van der Waals surface area (Å²) in [6.07, 6.45) is 0. The number of nitrogens with zero attached hydrogens (tertiary/aromatic N) is 3. The smallest absolute Gasteiger partial charge is 0.329 e. The summed E-state index contributed by atoms with van der Waals surface area (Å²) < 4.78 is 1.38. The Morgan fingerprint density at radius 1 is 1.06 bits per heavy atom. The number of aryl methyl sites for hydroxylation is 1. The van der Waals surface area contributed by atoms with E-state index in [-0.39, 0.29) is 12.5 Å². The van der Waals surface area contributed by atoms with Crippen molar-refractivity contribution in [3.05, 3.63) is 93.9 Å². The Balaban J connectivity index is 1.71. The summed E-state index contributed by atoms with van der Waals surface area (Å²) in [6.45, 7) is 1.72. The van der Waals surface area contributed by atoms with Gasteiger partial charge in [-0.2, -0.15) is 4.98 Å². The lowest BCUT2D eigenvalue weighted by Gasteiger charge is -2.21. The molecule has 31 heavy (non-hydrogen) atoms. The predicted octanol–water partition coefficient (Wildman–Crippen LogP) is 4.76.